The number of sulfone groups is 1. The van der Waals surface area contributed by atoms with Crippen LogP contribution in [0.3, 0.4) is 0 Å². The van der Waals surface area contributed by atoms with Crippen LogP contribution in [0.5, 0.6) is 0 Å². The molecule has 0 saturated carbocycles. The SMILES string of the molecule is Cn1nc(C(C)(C)S(C)(=O)=O)c(-c2cccc(F)c2)c1N. The Morgan fingerprint density at radius 3 is 2.48 bits per heavy atom. The van der Waals surface area contributed by atoms with Crippen molar-refractivity contribution in [3.8, 4) is 11.1 Å². The summed E-state index contributed by atoms with van der Waals surface area (Å²) in [5.41, 5.74) is 7.28. The zero-order chi connectivity index (χ0) is 16.0. The lowest BCUT2D eigenvalue weighted by atomic mass is 9.98. The second-order valence-electron chi connectivity index (χ2n) is 5.53. The summed E-state index contributed by atoms with van der Waals surface area (Å²) in [6.45, 7) is 3.12. The lowest BCUT2D eigenvalue weighted by Crippen LogP contribution is -2.29. The number of aryl methyl sites for hydroxylation is 1. The van der Waals surface area contributed by atoms with Crippen molar-refractivity contribution in [3.63, 3.8) is 0 Å². The molecule has 0 bridgehead atoms. The first kappa shape index (κ1) is 15.5. The smallest absolute Gasteiger partial charge is 0.158 e. The molecule has 0 unspecified atom stereocenters. The molecule has 0 aliphatic rings. The largest absolute Gasteiger partial charge is 0.383 e. The van der Waals surface area contributed by atoms with E-state index in [2.05, 4.69) is 5.10 Å². The molecule has 1 heterocycles. The van der Waals surface area contributed by atoms with Gasteiger partial charge >= 0.3 is 0 Å². The molecule has 114 valence electrons. The fourth-order valence-corrected chi connectivity index (χ4v) is 2.56. The van der Waals surface area contributed by atoms with Crippen molar-refractivity contribution in [2.45, 2.75) is 18.6 Å². The summed E-state index contributed by atoms with van der Waals surface area (Å²) in [5, 5.41) is 4.24. The zero-order valence-corrected chi connectivity index (χ0v) is 13.2. The van der Waals surface area contributed by atoms with Crippen LogP contribution in [-0.4, -0.2) is 24.5 Å². The summed E-state index contributed by atoms with van der Waals surface area (Å²) in [6, 6.07) is 5.86. The molecule has 0 radical (unpaired) electrons. The highest BCUT2D eigenvalue weighted by atomic mass is 32.2. The number of hydrogen-bond acceptors (Lipinski definition) is 4. The lowest BCUT2D eigenvalue weighted by molar-refractivity contribution is 0.553. The first-order chi connectivity index (χ1) is 9.55. The maximum atomic E-state index is 13.5. The Labute approximate surface area is 123 Å². The van der Waals surface area contributed by atoms with E-state index in [0.29, 0.717) is 22.6 Å². The predicted octanol–water partition coefficient (Wildman–Crippen LogP) is 2.09. The van der Waals surface area contributed by atoms with Crippen molar-refractivity contribution in [1.82, 2.24) is 9.78 Å². The first-order valence-corrected chi connectivity index (χ1v) is 8.23. The van der Waals surface area contributed by atoms with Crippen molar-refractivity contribution in [2.75, 3.05) is 12.0 Å². The molecule has 0 fully saturated rings. The van der Waals surface area contributed by atoms with E-state index in [1.165, 1.54) is 16.8 Å². The van der Waals surface area contributed by atoms with Crippen molar-refractivity contribution < 1.29 is 12.8 Å². The van der Waals surface area contributed by atoms with Crippen LogP contribution in [0.25, 0.3) is 11.1 Å². The fourth-order valence-electron chi connectivity index (χ4n) is 2.06. The van der Waals surface area contributed by atoms with Crippen molar-refractivity contribution in [2.24, 2.45) is 7.05 Å². The molecular weight excluding hydrogens is 293 g/mol. The fraction of sp³-hybridized carbons (Fsp3) is 0.357. The average molecular weight is 311 g/mol. The van der Waals surface area contributed by atoms with E-state index in [9.17, 15) is 12.8 Å². The van der Waals surface area contributed by atoms with Gasteiger partial charge in [-0.25, -0.2) is 12.8 Å². The molecule has 2 aromatic rings. The zero-order valence-electron chi connectivity index (χ0n) is 12.4. The maximum absolute atomic E-state index is 13.5. The molecule has 0 aliphatic carbocycles. The van der Waals surface area contributed by atoms with Gasteiger partial charge in [0.15, 0.2) is 9.84 Å². The molecule has 1 aromatic heterocycles. The molecule has 1 aromatic carbocycles. The standard InChI is InChI=1S/C14H18FN3O2S/c1-14(2,21(4,19)20)12-11(13(16)18(3)17-12)9-6-5-7-10(15)8-9/h5-8H,16H2,1-4H3. The van der Waals surface area contributed by atoms with Crippen LogP contribution in [0.1, 0.15) is 19.5 Å². The summed E-state index contributed by atoms with van der Waals surface area (Å²) in [7, 11) is -1.80. The van der Waals surface area contributed by atoms with E-state index in [0.717, 1.165) is 6.26 Å². The van der Waals surface area contributed by atoms with Crippen LogP contribution in [0, 0.1) is 5.82 Å². The molecule has 0 saturated heterocycles. The van der Waals surface area contributed by atoms with Gasteiger partial charge in [0, 0.05) is 18.9 Å². The summed E-state index contributed by atoms with van der Waals surface area (Å²) >= 11 is 0. The molecule has 0 aliphatic heterocycles. The third-order valence-electron chi connectivity index (χ3n) is 3.70. The number of anilines is 1. The average Bonchev–Trinajstić information content (AvgIpc) is 2.65. The van der Waals surface area contributed by atoms with Gasteiger partial charge in [-0.3, -0.25) is 4.68 Å². The Hall–Kier alpha value is -1.89. The molecule has 0 spiro atoms. The number of aromatic nitrogens is 2. The highest BCUT2D eigenvalue weighted by molar-refractivity contribution is 7.91. The van der Waals surface area contributed by atoms with Crippen molar-refractivity contribution >= 4 is 15.7 Å². The van der Waals surface area contributed by atoms with Crippen molar-refractivity contribution in [3.05, 3.63) is 35.8 Å². The van der Waals surface area contributed by atoms with Gasteiger partial charge in [-0.15, -0.1) is 0 Å². The molecule has 21 heavy (non-hydrogen) atoms. The Balaban J connectivity index is 2.79. The second kappa shape index (κ2) is 4.84. The first-order valence-electron chi connectivity index (χ1n) is 6.34. The molecule has 2 rings (SSSR count). The van der Waals surface area contributed by atoms with Gasteiger partial charge < -0.3 is 5.73 Å². The molecule has 7 heteroatoms. The Morgan fingerprint density at radius 2 is 1.95 bits per heavy atom. The Bertz CT molecular complexity index is 795. The van der Waals surface area contributed by atoms with Crippen LogP contribution in [0.2, 0.25) is 0 Å². The number of nitrogen functional groups attached to an aromatic ring is 1. The molecule has 5 nitrogen and oxygen atoms in total. The maximum Gasteiger partial charge on any atom is 0.158 e. The number of hydrogen-bond donors (Lipinski definition) is 1. The van der Waals surface area contributed by atoms with Gasteiger partial charge in [0.2, 0.25) is 0 Å². The van der Waals surface area contributed by atoms with E-state index < -0.39 is 20.4 Å². The van der Waals surface area contributed by atoms with E-state index in [-0.39, 0.29) is 0 Å². The third kappa shape index (κ3) is 2.53. The summed E-state index contributed by atoms with van der Waals surface area (Å²) in [6.07, 6.45) is 1.15. The van der Waals surface area contributed by atoms with Crippen LogP contribution in [0.4, 0.5) is 10.2 Å². The number of nitrogens with two attached hydrogens (primary N) is 1. The minimum absolute atomic E-state index is 0.298. The van der Waals surface area contributed by atoms with Gasteiger partial charge in [0.25, 0.3) is 0 Å². The van der Waals surface area contributed by atoms with Crippen LogP contribution in [-0.2, 0) is 21.6 Å². The van der Waals surface area contributed by atoms with Gasteiger partial charge in [-0.1, -0.05) is 12.1 Å². The van der Waals surface area contributed by atoms with E-state index in [1.807, 2.05) is 0 Å². The van der Waals surface area contributed by atoms with Crippen LogP contribution >= 0.6 is 0 Å². The number of rotatable bonds is 3. The van der Waals surface area contributed by atoms with E-state index in [1.54, 1.807) is 33.0 Å². The van der Waals surface area contributed by atoms with Gasteiger partial charge in [-0.2, -0.15) is 5.10 Å². The highest BCUT2D eigenvalue weighted by Crippen LogP contribution is 2.39. The highest BCUT2D eigenvalue weighted by Gasteiger charge is 2.38. The van der Waals surface area contributed by atoms with E-state index in [4.69, 9.17) is 5.73 Å². The topological polar surface area (TPSA) is 78.0 Å². The normalized spacial score (nSPS) is 12.6. The summed E-state index contributed by atoms with van der Waals surface area (Å²) < 4.78 is 37.8. The second-order valence-corrected chi connectivity index (χ2v) is 8.09. The monoisotopic (exact) mass is 311 g/mol. The summed E-state index contributed by atoms with van der Waals surface area (Å²) in [4.78, 5) is 0. The molecule has 0 atom stereocenters. The van der Waals surface area contributed by atoms with Crippen molar-refractivity contribution in [1.29, 1.82) is 0 Å². The minimum atomic E-state index is -3.42. The Kier molecular flexibility index (Phi) is 3.57. The molecular formula is C14H18FN3O2S. The summed E-state index contributed by atoms with van der Waals surface area (Å²) in [5.74, 6) is -0.119. The molecule has 0 amide bonds. The number of halogens is 1. The lowest BCUT2D eigenvalue weighted by Gasteiger charge is -2.21. The van der Waals surface area contributed by atoms with Gasteiger partial charge in [0.1, 0.15) is 16.4 Å². The predicted molar refractivity (Wildman–Crippen MR) is 80.9 cm³/mol. The number of benzene rings is 1. The van der Waals surface area contributed by atoms with Crippen LogP contribution in [0.15, 0.2) is 24.3 Å². The van der Waals surface area contributed by atoms with Gasteiger partial charge in [0.05, 0.1) is 5.69 Å². The van der Waals surface area contributed by atoms with E-state index >= 15 is 0 Å². The molecule has 2 N–H and O–H groups in total. The minimum Gasteiger partial charge on any atom is -0.383 e. The quantitative estimate of drug-likeness (QED) is 0.941. The van der Waals surface area contributed by atoms with Crippen LogP contribution < -0.4 is 5.73 Å². The Morgan fingerprint density at radius 1 is 1.33 bits per heavy atom. The third-order valence-corrected chi connectivity index (χ3v) is 5.75. The van der Waals surface area contributed by atoms with Gasteiger partial charge in [-0.05, 0) is 31.5 Å². The number of nitrogens with zero attached hydrogens (tertiary/aromatic N) is 2.